The lowest BCUT2D eigenvalue weighted by Gasteiger charge is -2.16. The van der Waals surface area contributed by atoms with Crippen LogP contribution in [0.1, 0.15) is 56.2 Å². The second-order valence-electron chi connectivity index (χ2n) is 5.12. The number of benzene rings is 1. The largest absolute Gasteiger partial charge is 0.384 e. The van der Waals surface area contributed by atoms with Crippen LogP contribution in [0, 0.1) is 0 Å². The van der Waals surface area contributed by atoms with Crippen molar-refractivity contribution in [3.63, 3.8) is 0 Å². The molecule has 1 heterocycles. The Morgan fingerprint density at radius 2 is 1.80 bits per heavy atom. The molecule has 0 spiro atoms. The second kappa shape index (κ2) is 3.88. The van der Waals surface area contributed by atoms with Crippen LogP contribution in [0.15, 0.2) is 12.1 Å². The highest BCUT2D eigenvalue weighted by molar-refractivity contribution is 5.61. The van der Waals surface area contributed by atoms with E-state index in [1.54, 1.807) is 11.1 Å². The first-order valence-corrected chi connectivity index (χ1v) is 6.00. The van der Waals surface area contributed by atoms with E-state index in [1.165, 1.54) is 17.7 Å². The third-order valence-corrected chi connectivity index (χ3v) is 3.29. The molecule has 0 fully saturated rings. The molecule has 1 aliphatic rings. The van der Waals surface area contributed by atoms with Gasteiger partial charge in [-0.05, 0) is 41.0 Å². The van der Waals surface area contributed by atoms with E-state index in [-0.39, 0.29) is 0 Å². The minimum Gasteiger partial charge on any atom is -0.384 e. The number of anilines is 1. The van der Waals surface area contributed by atoms with E-state index in [1.807, 2.05) is 0 Å². The van der Waals surface area contributed by atoms with Crippen molar-refractivity contribution in [2.24, 2.45) is 0 Å². The Morgan fingerprint density at radius 1 is 1.07 bits per heavy atom. The summed E-state index contributed by atoms with van der Waals surface area (Å²) in [7, 11) is 0. The zero-order valence-corrected chi connectivity index (χ0v) is 10.2. The van der Waals surface area contributed by atoms with E-state index in [2.05, 4.69) is 45.1 Å². The van der Waals surface area contributed by atoms with Gasteiger partial charge in [0.25, 0.3) is 0 Å². The first kappa shape index (κ1) is 10.5. The van der Waals surface area contributed by atoms with Gasteiger partial charge >= 0.3 is 0 Å². The van der Waals surface area contributed by atoms with Crippen molar-refractivity contribution < 1.29 is 0 Å². The molecule has 1 aromatic carbocycles. The third-order valence-electron chi connectivity index (χ3n) is 3.29. The van der Waals surface area contributed by atoms with Gasteiger partial charge < -0.3 is 5.32 Å². The van der Waals surface area contributed by atoms with Gasteiger partial charge in [0.1, 0.15) is 0 Å². The van der Waals surface area contributed by atoms with E-state index < -0.39 is 0 Å². The molecule has 0 radical (unpaired) electrons. The predicted molar refractivity (Wildman–Crippen MR) is 66.8 cm³/mol. The summed E-state index contributed by atoms with van der Waals surface area (Å²) in [5, 5.41) is 3.49. The molecule has 1 aliphatic heterocycles. The van der Waals surface area contributed by atoms with Gasteiger partial charge in [-0.1, -0.05) is 33.8 Å². The van der Waals surface area contributed by atoms with Crippen LogP contribution in [-0.2, 0) is 6.42 Å². The molecule has 0 saturated carbocycles. The molecule has 1 nitrogen and oxygen atoms in total. The summed E-state index contributed by atoms with van der Waals surface area (Å²) in [5.41, 5.74) is 5.94. The summed E-state index contributed by atoms with van der Waals surface area (Å²) in [6.07, 6.45) is 1.20. The molecule has 0 amide bonds. The Labute approximate surface area is 92.9 Å². The van der Waals surface area contributed by atoms with Gasteiger partial charge in [0.05, 0.1) is 0 Å². The SMILES string of the molecule is CC(C)c1cc2c(c(C(C)C)c1)CCN2. The fourth-order valence-electron chi connectivity index (χ4n) is 2.32. The first-order chi connectivity index (χ1) is 7.09. The van der Waals surface area contributed by atoms with Crippen LogP contribution in [0.2, 0.25) is 0 Å². The standard InChI is InChI=1S/C14H21N/c1-9(2)11-7-13(10(3)4)12-5-6-15-14(12)8-11/h7-10,15H,5-6H2,1-4H3. The van der Waals surface area contributed by atoms with Crippen molar-refractivity contribution in [3.8, 4) is 0 Å². The highest BCUT2D eigenvalue weighted by Gasteiger charge is 2.18. The number of fused-ring (bicyclic) bond motifs is 1. The summed E-state index contributed by atoms with van der Waals surface area (Å²) < 4.78 is 0. The Bertz CT molecular complexity index is 364. The zero-order valence-electron chi connectivity index (χ0n) is 10.2. The summed E-state index contributed by atoms with van der Waals surface area (Å²) >= 11 is 0. The molecule has 0 aromatic heterocycles. The van der Waals surface area contributed by atoms with Gasteiger partial charge in [-0.2, -0.15) is 0 Å². The minimum absolute atomic E-state index is 0.621. The van der Waals surface area contributed by atoms with Gasteiger partial charge in [-0.25, -0.2) is 0 Å². The molecule has 0 unspecified atom stereocenters. The zero-order chi connectivity index (χ0) is 11.0. The van der Waals surface area contributed by atoms with E-state index >= 15 is 0 Å². The molecule has 1 N–H and O–H groups in total. The average Bonchev–Trinajstić information content (AvgIpc) is 2.62. The highest BCUT2D eigenvalue weighted by Crippen LogP contribution is 2.34. The van der Waals surface area contributed by atoms with E-state index in [0.717, 1.165) is 6.54 Å². The lowest BCUT2D eigenvalue weighted by Crippen LogP contribution is -1.98. The molecule has 0 saturated heterocycles. The van der Waals surface area contributed by atoms with Crippen LogP contribution >= 0.6 is 0 Å². The molecule has 82 valence electrons. The Hall–Kier alpha value is -0.980. The lowest BCUT2D eigenvalue weighted by molar-refractivity contribution is 0.824. The van der Waals surface area contributed by atoms with Gasteiger partial charge in [0.15, 0.2) is 0 Å². The van der Waals surface area contributed by atoms with Crippen LogP contribution in [0.5, 0.6) is 0 Å². The Morgan fingerprint density at radius 3 is 2.40 bits per heavy atom. The van der Waals surface area contributed by atoms with Crippen LogP contribution in [0.25, 0.3) is 0 Å². The average molecular weight is 203 g/mol. The molecule has 1 aromatic rings. The van der Waals surface area contributed by atoms with Crippen molar-refractivity contribution in [3.05, 3.63) is 28.8 Å². The summed E-state index contributed by atoms with van der Waals surface area (Å²) in [4.78, 5) is 0. The van der Waals surface area contributed by atoms with Crippen molar-refractivity contribution in [1.29, 1.82) is 0 Å². The fraction of sp³-hybridized carbons (Fsp3) is 0.571. The molecule has 15 heavy (non-hydrogen) atoms. The van der Waals surface area contributed by atoms with Crippen LogP contribution in [-0.4, -0.2) is 6.54 Å². The van der Waals surface area contributed by atoms with E-state index in [0.29, 0.717) is 11.8 Å². The first-order valence-electron chi connectivity index (χ1n) is 6.00. The molecular formula is C14H21N. The second-order valence-corrected chi connectivity index (χ2v) is 5.12. The number of nitrogens with one attached hydrogen (secondary N) is 1. The Kier molecular flexibility index (Phi) is 2.72. The minimum atomic E-state index is 0.621. The van der Waals surface area contributed by atoms with Gasteiger partial charge in [-0.15, -0.1) is 0 Å². The fourth-order valence-corrected chi connectivity index (χ4v) is 2.32. The monoisotopic (exact) mass is 203 g/mol. The maximum Gasteiger partial charge on any atom is 0.0379 e. The third kappa shape index (κ3) is 1.88. The predicted octanol–water partition coefficient (Wildman–Crippen LogP) is 3.90. The van der Waals surface area contributed by atoms with Crippen molar-refractivity contribution in [2.75, 3.05) is 11.9 Å². The normalized spacial score (nSPS) is 14.5. The van der Waals surface area contributed by atoms with Crippen molar-refractivity contribution in [2.45, 2.75) is 46.0 Å². The van der Waals surface area contributed by atoms with Gasteiger partial charge in [-0.3, -0.25) is 0 Å². The number of hydrogen-bond acceptors (Lipinski definition) is 1. The topological polar surface area (TPSA) is 12.0 Å². The van der Waals surface area contributed by atoms with Crippen LogP contribution in [0.4, 0.5) is 5.69 Å². The quantitative estimate of drug-likeness (QED) is 0.768. The maximum atomic E-state index is 3.49. The van der Waals surface area contributed by atoms with E-state index in [9.17, 15) is 0 Å². The molecule has 0 bridgehead atoms. The van der Waals surface area contributed by atoms with Crippen LogP contribution < -0.4 is 5.32 Å². The van der Waals surface area contributed by atoms with Gasteiger partial charge in [0.2, 0.25) is 0 Å². The lowest BCUT2D eigenvalue weighted by atomic mass is 9.90. The molecule has 0 atom stereocenters. The number of rotatable bonds is 2. The summed E-state index contributed by atoms with van der Waals surface area (Å²) in [5.74, 6) is 1.26. The molecule has 1 heteroatoms. The smallest absolute Gasteiger partial charge is 0.0379 e. The van der Waals surface area contributed by atoms with Gasteiger partial charge in [0, 0.05) is 12.2 Å². The molecule has 2 rings (SSSR count). The summed E-state index contributed by atoms with van der Waals surface area (Å²) in [6, 6.07) is 4.74. The van der Waals surface area contributed by atoms with E-state index in [4.69, 9.17) is 0 Å². The maximum absolute atomic E-state index is 3.49. The number of hydrogen-bond donors (Lipinski definition) is 1. The molecule has 0 aliphatic carbocycles. The van der Waals surface area contributed by atoms with Crippen molar-refractivity contribution >= 4 is 5.69 Å². The highest BCUT2D eigenvalue weighted by atomic mass is 14.9. The summed E-state index contributed by atoms with van der Waals surface area (Å²) in [6.45, 7) is 10.2. The molecular weight excluding hydrogens is 182 g/mol. The van der Waals surface area contributed by atoms with Crippen LogP contribution in [0.3, 0.4) is 0 Å². The van der Waals surface area contributed by atoms with Crippen molar-refractivity contribution in [1.82, 2.24) is 0 Å². The Balaban J connectivity index is 2.52.